The van der Waals surface area contributed by atoms with Gasteiger partial charge in [-0.2, -0.15) is 0 Å². The van der Waals surface area contributed by atoms with E-state index in [2.05, 4.69) is 21.1 Å². The number of aromatic nitrogens is 1. The highest BCUT2D eigenvalue weighted by Crippen LogP contribution is 2.22. The van der Waals surface area contributed by atoms with Gasteiger partial charge in [0.05, 0.1) is 6.61 Å². The van der Waals surface area contributed by atoms with E-state index >= 15 is 0 Å². The lowest BCUT2D eigenvalue weighted by molar-refractivity contribution is 0.0515. The summed E-state index contributed by atoms with van der Waals surface area (Å²) in [5, 5.41) is 3.49. The quantitative estimate of drug-likeness (QED) is 0.679. The summed E-state index contributed by atoms with van der Waals surface area (Å²) >= 11 is 3.27. The highest BCUT2D eigenvalue weighted by molar-refractivity contribution is 9.10. The number of carbonyl (C=O) groups is 2. The van der Waals surface area contributed by atoms with Crippen molar-refractivity contribution in [3.63, 3.8) is 0 Å². The first-order valence-corrected chi connectivity index (χ1v) is 6.56. The van der Waals surface area contributed by atoms with Crippen molar-refractivity contribution in [2.24, 2.45) is 0 Å². The van der Waals surface area contributed by atoms with Crippen LogP contribution in [-0.4, -0.2) is 23.5 Å². The minimum atomic E-state index is -0.719. The van der Waals surface area contributed by atoms with Gasteiger partial charge in [0.25, 0.3) is 0 Å². The van der Waals surface area contributed by atoms with Crippen LogP contribution in [0.4, 0.5) is 5.69 Å². The Balaban J connectivity index is 2.32. The van der Waals surface area contributed by atoms with E-state index in [1.807, 2.05) is 0 Å². The van der Waals surface area contributed by atoms with Crippen molar-refractivity contribution in [3.8, 4) is 0 Å². The number of anilines is 1. The Morgan fingerprint density at radius 3 is 2.60 bits per heavy atom. The molecule has 20 heavy (non-hydrogen) atoms. The molecule has 2 rings (SSSR count). The molecule has 0 saturated heterocycles. The van der Waals surface area contributed by atoms with Gasteiger partial charge in [0.15, 0.2) is 0 Å². The number of carbonyl (C=O) groups excluding carboxylic acids is 2. The van der Waals surface area contributed by atoms with E-state index in [4.69, 9.17) is 15.0 Å². The van der Waals surface area contributed by atoms with Gasteiger partial charge in [0.2, 0.25) is 17.2 Å². The summed E-state index contributed by atoms with van der Waals surface area (Å²) in [7, 11) is 0. The fourth-order valence-corrected chi connectivity index (χ4v) is 1.80. The molecule has 0 radical (unpaired) electrons. The van der Waals surface area contributed by atoms with Gasteiger partial charge in [-0.05, 0) is 31.2 Å². The molecule has 2 aromatic rings. The molecule has 1 aromatic heterocycles. The molecule has 0 bridgehead atoms. The highest BCUT2D eigenvalue weighted by Gasteiger charge is 2.25. The molecule has 0 amide bonds. The smallest absolute Gasteiger partial charge is 0.362 e. The molecule has 104 valence electrons. The number of nitrogens with two attached hydrogens (primary N) is 1. The van der Waals surface area contributed by atoms with Crippen molar-refractivity contribution >= 4 is 33.4 Å². The second-order valence-corrected chi connectivity index (χ2v) is 4.75. The number of hydrogen-bond donors (Lipinski definition) is 1. The van der Waals surface area contributed by atoms with Crippen LogP contribution in [0.5, 0.6) is 0 Å². The molecule has 1 heterocycles. The van der Waals surface area contributed by atoms with E-state index in [0.717, 1.165) is 4.47 Å². The molecule has 6 nitrogen and oxygen atoms in total. The zero-order chi connectivity index (χ0) is 14.7. The van der Waals surface area contributed by atoms with Crippen LogP contribution in [0, 0.1) is 0 Å². The van der Waals surface area contributed by atoms with Crippen molar-refractivity contribution in [2.45, 2.75) is 6.92 Å². The Morgan fingerprint density at radius 2 is 2.00 bits per heavy atom. The fraction of sp³-hybridized carbons (Fsp3) is 0.154. The van der Waals surface area contributed by atoms with Crippen molar-refractivity contribution in [1.82, 2.24) is 5.16 Å². The first kappa shape index (κ1) is 14.3. The Hall–Kier alpha value is -2.15. The molecular formula is C13H11BrN2O4. The van der Waals surface area contributed by atoms with Gasteiger partial charge in [-0.3, -0.25) is 4.79 Å². The second kappa shape index (κ2) is 5.87. The van der Waals surface area contributed by atoms with Gasteiger partial charge in [-0.1, -0.05) is 21.1 Å². The second-order valence-electron chi connectivity index (χ2n) is 3.83. The van der Waals surface area contributed by atoms with E-state index in [1.165, 1.54) is 0 Å². The predicted octanol–water partition coefficient (Wildman–Crippen LogP) is 2.43. The van der Waals surface area contributed by atoms with Gasteiger partial charge < -0.3 is 15.0 Å². The lowest BCUT2D eigenvalue weighted by atomic mass is 10.1. The molecule has 0 atom stereocenters. The van der Waals surface area contributed by atoms with Crippen LogP contribution in [0.2, 0.25) is 0 Å². The minimum absolute atomic E-state index is 0.114. The van der Waals surface area contributed by atoms with Crippen LogP contribution >= 0.6 is 15.9 Å². The summed E-state index contributed by atoms with van der Waals surface area (Å²) < 4.78 is 10.5. The highest BCUT2D eigenvalue weighted by atomic mass is 79.9. The maximum absolute atomic E-state index is 12.2. The monoisotopic (exact) mass is 338 g/mol. The number of ketones is 1. The van der Waals surface area contributed by atoms with Crippen LogP contribution in [0.1, 0.15) is 33.5 Å². The molecule has 0 aliphatic carbocycles. The maximum Gasteiger partial charge on any atom is 0.362 e. The van der Waals surface area contributed by atoms with Crippen LogP contribution in [0.25, 0.3) is 0 Å². The third kappa shape index (κ3) is 2.72. The van der Waals surface area contributed by atoms with E-state index < -0.39 is 11.8 Å². The van der Waals surface area contributed by atoms with E-state index in [9.17, 15) is 9.59 Å². The van der Waals surface area contributed by atoms with Gasteiger partial charge in [-0.25, -0.2) is 4.79 Å². The molecule has 0 spiro atoms. The third-order valence-corrected chi connectivity index (χ3v) is 3.04. The van der Waals surface area contributed by atoms with Gasteiger partial charge in [-0.15, -0.1) is 0 Å². The molecule has 0 aliphatic heterocycles. The zero-order valence-corrected chi connectivity index (χ0v) is 12.1. The minimum Gasteiger partial charge on any atom is -0.461 e. The van der Waals surface area contributed by atoms with E-state index in [1.54, 1.807) is 31.2 Å². The first-order valence-electron chi connectivity index (χ1n) is 5.77. The summed E-state index contributed by atoms with van der Waals surface area (Å²) in [5.41, 5.74) is 5.79. The molecule has 0 aliphatic rings. The molecule has 2 N–H and O–H groups in total. The number of rotatable bonds is 4. The number of hydrogen-bond acceptors (Lipinski definition) is 6. The average molecular weight is 339 g/mol. The molecular weight excluding hydrogens is 328 g/mol. The average Bonchev–Trinajstić information content (AvgIpc) is 2.81. The van der Waals surface area contributed by atoms with Crippen molar-refractivity contribution in [2.75, 3.05) is 12.3 Å². The summed E-state index contributed by atoms with van der Waals surface area (Å²) in [6, 6.07) is 6.65. The number of nitrogen functional groups attached to an aromatic ring is 1. The lowest BCUT2D eigenvalue weighted by Crippen LogP contribution is -2.09. The largest absolute Gasteiger partial charge is 0.461 e. The van der Waals surface area contributed by atoms with E-state index in [-0.39, 0.29) is 23.7 Å². The number of nitrogens with zero attached hydrogens (tertiary/aromatic N) is 1. The molecule has 7 heteroatoms. The number of esters is 1. The summed E-state index contributed by atoms with van der Waals surface area (Å²) in [6.07, 6.45) is 0. The van der Waals surface area contributed by atoms with Gasteiger partial charge in [0.1, 0.15) is 5.69 Å². The van der Waals surface area contributed by atoms with Crippen molar-refractivity contribution < 1.29 is 18.8 Å². The third-order valence-electron chi connectivity index (χ3n) is 2.51. The van der Waals surface area contributed by atoms with Crippen LogP contribution in [0.3, 0.4) is 0 Å². The summed E-state index contributed by atoms with van der Waals surface area (Å²) in [4.78, 5) is 23.7. The van der Waals surface area contributed by atoms with Crippen molar-refractivity contribution in [3.05, 3.63) is 45.8 Å². The van der Waals surface area contributed by atoms with Crippen molar-refractivity contribution in [1.29, 1.82) is 0 Å². The Bertz CT molecular complexity index is 649. The topological polar surface area (TPSA) is 95.4 Å². The van der Waals surface area contributed by atoms with E-state index in [0.29, 0.717) is 5.56 Å². The Labute approximate surface area is 123 Å². The maximum atomic E-state index is 12.2. The SMILES string of the molecule is CCOC(=O)c1noc(C(=O)c2ccc(Br)cc2)c1N. The van der Waals surface area contributed by atoms with Crippen LogP contribution in [-0.2, 0) is 4.74 Å². The first-order chi connectivity index (χ1) is 9.54. The van der Waals surface area contributed by atoms with Gasteiger partial charge >= 0.3 is 5.97 Å². The molecule has 0 unspecified atom stereocenters. The number of benzene rings is 1. The molecule has 0 fully saturated rings. The van der Waals surface area contributed by atoms with Crippen LogP contribution in [0.15, 0.2) is 33.3 Å². The zero-order valence-electron chi connectivity index (χ0n) is 10.6. The van der Waals surface area contributed by atoms with Crippen LogP contribution < -0.4 is 5.73 Å². The standard InChI is InChI=1S/C13H11BrN2O4/c1-2-19-13(18)10-9(15)12(20-16-10)11(17)7-3-5-8(14)6-4-7/h3-6H,2,15H2,1H3. The normalized spacial score (nSPS) is 10.3. The summed E-state index contributed by atoms with van der Waals surface area (Å²) in [5.74, 6) is -1.34. The lowest BCUT2D eigenvalue weighted by Gasteiger charge is -1.99. The fourth-order valence-electron chi connectivity index (χ4n) is 1.54. The Morgan fingerprint density at radius 1 is 1.35 bits per heavy atom. The summed E-state index contributed by atoms with van der Waals surface area (Å²) in [6.45, 7) is 1.84. The number of ether oxygens (including phenoxy) is 1. The number of halogens is 1. The predicted molar refractivity (Wildman–Crippen MR) is 74.4 cm³/mol. The Kier molecular flexibility index (Phi) is 4.19. The molecule has 1 aromatic carbocycles. The molecule has 0 saturated carbocycles. The van der Waals surface area contributed by atoms with Gasteiger partial charge in [0, 0.05) is 10.0 Å².